The van der Waals surface area contributed by atoms with Crippen molar-refractivity contribution in [1.29, 1.82) is 0 Å². The van der Waals surface area contributed by atoms with Crippen molar-refractivity contribution in [2.45, 2.75) is 93.4 Å². The van der Waals surface area contributed by atoms with Gasteiger partial charge < -0.3 is 0 Å². The van der Waals surface area contributed by atoms with Gasteiger partial charge in [-0.05, 0) is 129 Å². The van der Waals surface area contributed by atoms with E-state index in [0.29, 0.717) is 0 Å². The van der Waals surface area contributed by atoms with Crippen molar-refractivity contribution in [3.8, 4) is 0 Å². The van der Waals surface area contributed by atoms with E-state index in [1.54, 1.807) is 6.92 Å². The van der Waals surface area contributed by atoms with Crippen LogP contribution < -0.4 is 0 Å². The second-order valence-corrected chi connectivity index (χ2v) is 11.9. The van der Waals surface area contributed by atoms with Gasteiger partial charge in [0.15, 0.2) is 5.78 Å². The van der Waals surface area contributed by atoms with Gasteiger partial charge in [-0.3, -0.25) is 4.79 Å². The highest BCUT2D eigenvalue weighted by Crippen LogP contribution is 2.41. The van der Waals surface area contributed by atoms with Gasteiger partial charge in [0, 0.05) is 10.6 Å². The molecule has 0 N–H and O–H groups in total. The van der Waals surface area contributed by atoms with E-state index < -0.39 is 0 Å². The average Bonchev–Trinajstić information content (AvgIpc) is 3.12. The summed E-state index contributed by atoms with van der Waals surface area (Å²) in [6.07, 6.45) is 10.0. The van der Waals surface area contributed by atoms with E-state index >= 15 is 0 Å². The number of allylic oxidation sites excluding steroid dienone is 3. The van der Waals surface area contributed by atoms with Crippen LogP contribution >= 0.6 is 11.6 Å². The van der Waals surface area contributed by atoms with Gasteiger partial charge in [-0.1, -0.05) is 98.8 Å². The average molecular weight is 555 g/mol. The Morgan fingerprint density at radius 1 is 0.925 bits per heavy atom. The molecule has 0 bridgehead atoms. The first-order valence-corrected chi connectivity index (χ1v) is 15.4. The van der Waals surface area contributed by atoms with Gasteiger partial charge >= 0.3 is 0 Å². The summed E-state index contributed by atoms with van der Waals surface area (Å²) < 4.78 is 0. The number of aryl methyl sites for hydroxylation is 2. The quantitative estimate of drug-likeness (QED) is 0.200. The minimum absolute atomic E-state index is 0.123. The summed E-state index contributed by atoms with van der Waals surface area (Å²) in [5.74, 6) is 0.874. The van der Waals surface area contributed by atoms with E-state index in [0.717, 1.165) is 42.2 Å². The van der Waals surface area contributed by atoms with Gasteiger partial charge in [0.2, 0.25) is 0 Å². The maximum atomic E-state index is 12.1. The fourth-order valence-electron chi connectivity index (χ4n) is 5.57. The van der Waals surface area contributed by atoms with Crippen molar-refractivity contribution in [2.75, 3.05) is 0 Å². The highest BCUT2D eigenvalue weighted by atomic mass is 35.5. The lowest BCUT2D eigenvalue weighted by molar-refractivity contribution is 0.101. The Morgan fingerprint density at radius 2 is 1.60 bits per heavy atom. The van der Waals surface area contributed by atoms with Crippen LogP contribution in [0, 0.1) is 12.8 Å². The molecule has 1 aliphatic carbocycles. The Morgan fingerprint density at radius 3 is 2.17 bits per heavy atom. The number of carbonyl (C=O) groups is 1. The molecule has 4 rings (SSSR count). The highest BCUT2D eigenvalue weighted by molar-refractivity contribution is 6.30. The smallest absolute Gasteiger partial charge is 0.159 e. The van der Waals surface area contributed by atoms with Gasteiger partial charge in [-0.25, -0.2) is 0 Å². The third-order valence-corrected chi connectivity index (χ3v) is 8.32. The largest absolute Gasteiger partial charge is 0.295 e. The molecule has 3 aromatic carbocycles. The molecular formula is C38H47ClO. The molecular weight excluding hydrogens is 508 g/mol. The van der Waals surface area contributed by atoms with Crippen LogP contribution in [0.1, 0.15) is 117 Å². The molecule has 1 aliphatic rings. The summed E-state index contributed by atoms with van der Waals surface area (Å²) in [6, 6.07) is 21.8. The molecule has 1 unspecified atom stereocenters. The molecule has 40 heavy (non-hydrogen) atoms. The standard InChI is InChI=1S/C33H37ClO.C5H10/c1-5-8-24(6-2)20-25-11-13-26(14-12-25)33-31-17-15-27(23(4)35)21-28(31)9-7-10-32(33)30-18-16-29(34)19-22(30)3;1-4-5(2)3/h11-19,21,24H,5-10,20H2,1-4H3;4H,1-3H3. The van der Waals surface area contributed by atoms with Gasteiger partial charge in [-0.2, -0.15) is 0 Å². The zero-order valence-electron chi connectivity index (χ0n) is 25.7. The van der Waals surface area contributed by atoms with Crippen molar-refractivity contribution in [2.24, 2.45) is 5.92 Å². The number of halogens is 1. The molecule has 212 valence electrons. The zero-order valence-corrected chi connectivity index (χ0v) is 26.4. The summed E-state index contributed by atoms with van der Waals surface area (Å²) in [5.41, 5.74) is 12.5. The van der Waals surface area contributed by atoms with Gasteiger partial charge in [0.05, 0.1) is 0 Å². The van der Waals surface area contributed by atoms with Crippen molar-refractivity contribution in [1.82, 2.24) is 0 Å². The van der Waals surface area contributed by atoms with Crippen LogP contribution in [-0.2, 0) is 12.8 Å². The van der Waals surface area contributed by atoms with E-state index in [-0.39, 0.29) is 5.78 Å². The predicted octanol–water partition coefficient (Wildman–Crippen LogP) is 11.5. The van der Waals surface area contributed by atoms with E-state index in [9.17, 15) is 4.79 Å². The number of carbonyl (C=O) groups excluding carboxylic acids is 1. The predicted molar refractivity (Wildman–Crippen MR) is 175 cm³/mol. The molecule has 1 nitrogen and oxygen atoms in total. The van der Waals surface area contributed by atoms with Crippen LogP contribution in [0.15, 0.2) is 72.3 Å². The number of hydrogen-bond donors (Lipinski definition) is 0. The Bertz CT molecular complexity index is 1350. The highest BCUT2D eigenvalue weighted by Gasteiger charge is 2.22. The molecule has 3 aromatic rings. The van der Waals surface area contributed by atoms with E-state index in [2.05, 4.69) is 89.2 Å². The van der Waals surface area contributed by atoms with Crippen molar-refractivity contribution in [3.63, 3.8) is 0 Å². The fourth-order valence-corrected chi connectivity index (χ4v) is 5.80. The first-order valence-electron chi connectivity index (χ1n) is 15.0. The molecule has 0 spiro atoms. The second kappa shape index (κ2) is 15.2. The van der Waals surface area contributed by atoms with Crippen LogP contribution in [0.3, 0.4) is 0 Å². The molecule has 2 heteroatoms. The van der Waals surface area contributed by atoms with Gasteiger partial charge in [0.25, 0.3) is 0 Å². The minimum atomic E-state index is 0.123. The Labute approximate surface area is 248 Å². The number of hydrogen-bond acceptors (Lipinski definition) is 1. The number of ketones is 1. The summed E-state index contributed by atoms with van der Waals surface area (Å²) >= 11 is 6.31. The van der Waals surface area contributed by atoms with Crippen molar-refractivity contribution >= 4 is 28.5 Å². The zero-order chi connectivity index (χ0) is 29.2. The minimum Gasteiger partial charge on any atom is -0.295 e. The van der Waals surface area contributed by atoms with Crippen LogP contribution in [0.2, 0.25) is 5.02 Å². The molecule has 0 heterocycles. The van der Waals surface area contributed by atoms with Crippen LogP contribution in [0.4, 0.5) is 0 Å². The second-order valence-electron chi connectivity index (χ2n) is 11.4. The van der Waals surface area contributed by atoms with E-state index in [1.165, 1.54) is 69.4 Å². The fraction of sp³-hybridized carbons (Fsp3) is 0.395. The number of Topliss-reactive ketones (excluding diaryl/α,β-unsaturated/α-hetero) is 1. The summed E-state index contributed by atoms with van der Waals surface area (Å²) in [4.78, 5) is 12.1. The molecule has 0 amide bonds. The summed E-state index contributed by atoms with van der Waals surface area (Å²) in [6.45, 7) is 14.6. The molecule has 0 radical (unpaired) electrons. The summed E-state index contributed by atoms with van der Waals surface area (Å²) in [7, 11) is 0. The SMILES string of the molecule is CC=C(C)C.CCCC(CC)Cc1ccc(C2=C(c3ccc(Cl)cc3C)CCCc3cc(C(C)=O)ccc32)cc1. The first-order chi connectivity index (χ1) is 19.2. The normalized spacial score (nSPS) is 13.5. The Balaban J connectivity index is 0.000000810. The molecule has 0 aliphatic heterocycles. The molecule has 0 saturated heterocycles. The maximum absolute atomic E-state index is 12.1. The van der Waals surface area contributed by atoms with Gasteiger partial charge in [-0.15, -0.1) is 0 Å². The monoisotopic (exact) mass is 554 g/mol. The molecule has 0 fully saturated rings. The lowest BCUT2D eigenvalue weighted by atomic mass is 9.85. The topological polar surface area (TPSA) is 17.1 Å². The number of fused-ring (bicyclic) bond motifs is 1. The summed E-state index contributed by atoms with van der Waals surface area (Å²) in [5, 5.41) is 0.774. The van der Waals surface area contributed by atoms with Crippen molar-refractivity contribution < 1.29 is 4.79 Å². The Hall–Kier alpha value is -2.90. The lowest BCUT2D eigenvalue weighted by Gasteiger charge is -2.19. The third-order valence-electron chi connectivity index (χ3n) is 8.09. The lowest BCUT2D eigenvalue weighted by Crippen LogP contribution is -2.03. The number of rotatable bonds is 8. The molecule has 1 atom stereocenters. The molecule has 0 saturated carbocycles. The van der Waals surface area contributed by atoms with E-state index in [4.69, 9.17) is 11.6 Å². The van der Waals surface area contributed by atoms with Crippen LogP contribution in [0.25, 0.3) is 11.1 Å². The third kappa shape index (κ3) is 8.31. The molecule has 0 aromatic heterocycles. The van der Waals surface area contributed by atoms with Crippen LogP contribution in [-0.4, -0.2) is 5.78 Å². The maximum Gasteiger partial charge on any atom is 0.159 e. The first kappa shape index (κ1) is 31.6. The van der Waals surface area contributed by atoms with Gasteiger partial charge in [0.1, 0.15) is 0 Å². The van der Waals surface area contributed by atoms with E-state index in [1.807, 2.05) is 19.1 Å². The Kier molecular flexibility index (Phi) is 12.0. The van der Waals surface area contributed by atoms with Crippen LogP contribution in [0.5, 0.6) is 0 Å². The van der Waals surface area contributed by atoms with Crippen molar-refractivity contribution in [3.05, 3.63) is 116 Å². The number of benzene rings is 3.